The number of aromatic nitrogens is 2. The minimum atomic E-state index is -0.829. The second kappa shape index (κ2) is 9.06. The number of nitrogens with two attached hydrogens (primary N) is 1. The van der Waals surface area contributed by atoms with Crippen LogP contribution in [0.1, 0.15) is 42.3 Å². The highest BCUT2D eigenvalue weighted by Crippen LogP contribution is 2.49. The number of ether oxygens (including phenoxy) is 1. The lowest BCUT2D eigenvalue weighted by atomic mass is 9.64. The SMILES string of the molecule is COCC[n+]1ccn([C@H]2CC[C@H](C(C(N)=O)(c3ccccc3)c3ccccc3)C2)c1C. The van der Waals surface area contributed by atoms with Crippen LogP contribution in [0.4, 0.5) is 0 Å². The van der Waals surface area contributed by atoms with Crippen LogP contribution in [0.5, 0.6) is 0 Å². The Morgan fingerprint density at radius 1 is 1.10 bits per heavy atom. The first kappa shape index (κ1) is 21.3. The molecular weight excluding hydrogens is 386 g/mol. The lowest BCUT2D eigenvalue weighted by Gasteiger charge is -2.37. The molecule has 0 bridgehead atoms. The van der Waals surface area contributed by atoms with E-state index >= 15 is 0 Å². The molecule has 2 aromatic carbocycles. The third-order valence-corrected chi connectivity index (χ3v) is 6.99. The fourth-order valence-electron chi connectivity index (χ4n) is 5.46. The van der Waals surface area contributed by atoms with E-state index in [2.05, 4.69) is 28.5 Å². The average molecular weight is 419 g/mol. The molecule has 0 saturated heterocycles. The number of benzene rings is 2. The number of carbonyl (C=O) groups excluding carboxylic acids is 1. The molecule has 4 rings (SSSR count). The standard InChI is InChI=1S/C26H31N3O2/c1-20-28(17-18-31-2)15-16-29(20)24-14-13-23(19-24)26(25(27)30,21-9-5-3-6-10-21)22-11-7-4-8-12-22/h3-12,15-16,23-24H,13-14,17-19H2,1-2H3,(H-,27,30)/p+1/t23-,24-/m0/s1. The summed E-state index contributed by atoms with van der Waals surface area (Å²) in [5.74, 6) is 1.08. The van der Waals surface area contributed by atoms with Crippen molar-refractivity contribution in [1.29, 1.82) is 0 Å². The molecule has 0 aliphatic heterocycles. The lowest BCUT2D eigenvalue weighted by Crippen LogP contribution is -2.47. The first-order valence-electron chi connectivity index (χ1n) is 11.1. The van der Waals surface area contributed by atoms with Crippen LogP contribution >= 0.6 is 0 Å². The van der Waals surface area contributed by atoms with Crippen LogP contribution in [0.3, 0.4) is 0 Å². The van der Waals surface area contributed by atoms with Crippen LogP contribution < -0.4 is 10.3 Å². The number of hydrogen-bond acceptors (Lipinski definition) is 2. The zero-order chi connectivity index (χ0) is 21.8. The third kappa shape index (κ3) is 3.79. The molecule has 2 atom stereocenters. The molecule has 1 aliphatic carbocycles. The Bertz CT molecular complexity index is 974. The monoisotopic (exact) mass is 418 g/mol. The highest BCUT2D eigenvalue weighted by atomic mass is 16.5. The van der Waals surface area contributed by atoms with Gasteiger partial charge in [0.25, 0.3) is 5.82 Å². The summed E-state index contributed by atoms with van der Waals surface area (Å²) in [7, 11) is 1.73. The normalized spacial score (nSPS) is 18.9. The fourth-order valence-corrected chi connectivity index (χ4v) is 5.46. The van der Waals surface area contributed by atoms with Crippen molar-refractivity contribution in [2.24, 2.45) is 11.7 Å². The highest BCUT2D eigenvalue weighted by Gasteiger charge is 2.51. The molecule has 3 aromatic rings. The van der Waals surface area contributed by atoms with Crippen molar-refractivity contribution in [2.75, 3.05) is 13.7 Å². The first-order chi connectivity index (χ1) is 15.1. The minimum absolute atomic E-state index is 0.133. The fraction of sp³-hybridized carbons (Fsp3) is 0.385. The molecule has 0 spiro atoms. The molecular formula is C26H32N3O2+. The van der Waals surface area contributed by atoms with Crippen molar-refractivity contribution >= 4 is 5.91 Å². The van der Waals surface area contributed by atoms with Gasteiger partial charge in [-0.05, 0) is 36.3 Å². The Morgan fingerprint density at radius 2 is 1.71 bits per heavy atom. The van der Waals surface area contributed by atoms with E-state index < -0.39 is 5.41 Å². The van der Waals surface area contributed by atoms with Gasteiger partial charge in [0.1, 0.15) is 30.4 Å². The number of hydrogen-bond donors (Lipinski definition) is 1. The van der Waals surface area contributed by atoms with Gasteiger partial charge < -0.3 is 10.5 Å². The molecule has 1 amide bonds. The second-order valence-corrected chi connectivity index (χ2v) is 8.51. The van der Waals surface area contributed by atoms with E-state index in [1.807, 2.05) is 60.7 Å². The number of carbonyl (C=O) groups is 1. The molecule has 1 aliphatic rings. The Hall–Kier alpha value is -2.92. The molecule has 2 N–H and O–H groups in total. The Balaban J connectivity index is 1.72. The van der Waals surface area contributed by atoms with E-state index in [-0.39, 0.29) is 11.8 Å². The summed E-state index contributed by atoms with van der Waals surface area (Å²) >= 11 is 0. The van der Waals surface area contributed by atoms with Crippen LogP contribution in [0.2, 0.25) is 0 Å². The molecule has 162 valence electrons. The van der Waals surface area contributed by atoms with E-state index in [1.54, 1.807) is 7.11 Å². The minimum Gasteiger partial charge on any atom is -0.381 e. The summed E-state index contributed by atoms with van der Waals surface area (Å²) in [6.07, 6.45) is 7.17. The highest BCUT2D eigenvalue weighted by molar-refractivity contribution is 5.91. The molecule has 1 aromatic heterocycles. The number of primary amides is 1. The van der Waals surface area contributed by atoms with E-state index in [9.17, 15) is 4.79 Å². The van der Waals surface area contributed by atoms with Gasteiger partial charge in [0.05, 0.1) is 6.61 Å². The summed E-state index contributed by atoms with van der Waals surface area (Å²) in [6, 6.07) is 20.5. The van der Waals surface area contributed by atoms with Crippen LogP contribution in [0.25, 0.3) is 0 Å². The summed E-state index contributed by atoms with van der Waals surface area (Å²) < 4.78 is 9.83. The van der Waals surface area contributed by atoms with Gasteiger partial charge in [-0.1, -0.05) is 60.7 Å². The quantitative estimate of drug-likeness (QED) is 0.569. The van der Waals surface area contributed by atoms with Crippen molar-refractivity contribution in [3.63, 3.8) is 0 Å². The Morgan fingerprint density at radius 3 is 2.26 bits per heavy atom. The Labute approximate surface area is 184 Å². The number of rotatable bonds is 8. The van der Waals surface area contributed by atoms with Crippen LogP contribution in [0.15, 0.2) is 73.1 Å². The van der Waals surface area contributed by atoms with E-state index in [0.29, 0.717) is 12.6 Å². The van der Waals surface area contributed by atoms with Crippen molar-refractivity contribution in [3.05, 3.63) is 90.0 Å². The van der Waals surface area contributed by atoms with Crippen LogP contribution in [-0.2, 0) is 21.5 Å². The predicted octanol–water partition coefficient (Wildman–Crippen LogP) is 3.54. The maximum absolute atomic E-state index is 13.2. The predicted molar refractivity (Wildman–Crippen MR) is 120 cm³/mol. The van der Waals surface area contributed by atoms with E-state index in [4.69, 9.17) is 10.5 Å². The van der Waals surface area contributed by atoms with Gasteiger partial charge in [0.15, 0.2) is 0 Å². The largest absolute Gasteiger partial charge is 0.381 e. The molecule has 1 heterocycles. The summed E-state index contributed by atoms with van der Waals surface area (Å²) in [6.45, 7) is 3.68. The van der Waals surface area contributed by atoms with E-state index in [0.717, 1.165) is 36.9 Å². The molecule has 5 nitrogen and oxygen atoms in total. The number of nitrogens with zero attached hydrogens (tertiary/aromatic N) is 2. The van der Waals surface area contributed by atoms with Crippen LogP contribution in [0, 0.1) is 12.8 Å². The van der Waals surface area contributed by atoms with Crippen molar-refractivity contribution in [1.82, 2.24) is 4.57 Å². The van der Waals surface area contributed by atoms with Gasteiger partial charge in [-0.3, -0.25) is 4.79 Å². The smallest absolute Gasteiger partial charge is 0.253 e. The van der Waals surface area contributed by atoms with Gasteiger partial charge in [0.2, 0.25) is 5.91 Å². The summed E-state index contributed by atoms with van der Waals surface area (Å²) in [5.41, 5.74) is 7.37. The maximum Gasteiger partial charge on any atom is 0.253 e. The lowest BCUT2D eigenvalue weighted by molar-refractivity contribution is -0.703. The maximum atomic E-state index is 13.2. The summed E-state index contributed by atoms with van der Waals surface area (Å²) in [5, 5.41) is 0. The van der Waals surface area contributed by atoms with Gasteiger partial charge in [-0.2, -0.15) is 0 Å². The molecule has 0 radical (unpaired) electrons. The van der Waals surface area contributed by atoms with Gasteiger partial charge >= 0.3 is 0 Å². The Kier molecular flexibility index (Phi) is 6.23. The van der Waals surface area contributed by atoms with E-state index in [1.165, 1.54) is 5.82 Å². The van der Waals surface area contributed by atoms with Crippen molar-refractivity contribution in [3.8, 4) is 0 Å². The topological polar surface area (TPSA) is 61.1 Å². The van der Waals surface area contributed by atoms with Crippen molar-refractivity contribution < 1.29 is 14.1 Å². The van der Waals surface area contributed by atoms with Crippen molar-refractivity contribution in [2.45, 2.75) is 44.2 Å². The van der Waals surface area contributed by atoms with Crippen LogP contribution in [-0.4, -0.2) is 24.2 Å². The zero-order valence-corrected chi connectivity index (χ0v) is 18.4. The molecule has 31 heavy (non-hydrogen) atoms. The van der Waals surface area contributed by atoms with Gasteiger partial charge in [-0.15, -0.1) is 0 Å². The average Bonchev–Trinajstić information content (AvgIpc) is 3.41. The molecule has 1 saturated carbocycles. The number of imidazole rings is 1. The second-order valence-electron chi connectivity index (χ2n) is 8.51. The molecule has 1 fully saturated rings. The number of amides is 1. The first-order valence-corrected chi connectivity index (χ1v) is 11.1. The third-order valence-electron chi connectivity index (χ3n) is 6.99. The van der Waals surface area contributed by atoms with Gasteiger partial charge in [0, 0.05) is 14.0 Å². The zero-order valence-electron chi connectivity index (χ0n) is 18.4. The van der Waals surface area contributed by atoms with Gasteiger partial charge in [-0.25, -0.2) is 9.13 Å². The summed E-state index contributed by atoms with van der Waals surface area (Å²) in [4.78, 5) is 13.2. The number of methoxy groups -OCH3 is 1. The molecule has 5 heteroatoms. The molecule has 0 unspecified atom stereocenters.